The highest BCUT2D eigenvalue weighted by Gasteiger charge is 2.29. The molecule has 116 valence electrons. The van der Waals surface area contributed by atoms with Crippen LogP contribution in [-0.2, 0) is 0 Å². The third-order valence-electron chi connectivity index (χ3n) is 5.42. The van der Waals surface area contributed by atoms with E-state index in [1.807, 2.05) is 0 Å². The normalized spacial score (nSPS) is 34.8. The standard InChI is InChI=1S/C19H30N2/c1-15-8-10-17(11-9-15)14-21-13-16(2)20-12-19(21)18-6-4-3-5-7-18/h3-7,15-17,19-20H,8-14H2,1-2H3. The number of piperazine rings is 1. The van der Waals surface area contributed by atoms with E-state index in [4.69, 9.17) is 0 Å². The van der Waals surface area contributed by atoms with Crippen LogP contribution in [-0.4, -0.2) is 30.6 Å². The van der Waals surface area contributed by atoms with Crippen LogP contribution in [0.15, 0.2) is 30.3 Å². The zero-order valence-electron chi connectivity index (χ0n) is 13.6. The lowest BCUT2D eigenvalue weighted by molar-refractivity contribution is 0.0985. The van der Waals surface area contributed by atoms with E-state index in [1.54, 1.807) is 0 Å². The van der Waals surface area contributed by atoms with Crippen LogP contribution in [0.3, 0.4) is 0 Å². The molecule has 0 bridgehead atoms. The van der Waals surface area contributed by atoms with Gasteiger partial charge in [0, 0.05) is 31.7 Å². The van der Waals surface area contributed by atoms with Crippen molar-refractivity contribution in [1.82, 2.24) is 10.2 Å². The topological polar surface area (TPSA) is 15.3 Å². The van der Waals surface area contributed by atoms with Crippen LogP contribution in [0.1, 0.15) is 51.1 Å². The van der Waals surface area contributed by atoms with Crippen molar-refractivity contribution >= 4 is 0 Å². The highest BCUT2D eigenvalue weighted by molar-refractivity contribution is 5.20. The molecule has 1 aliphatic heterocycles. The lowest BCUT2D eigenvalue weighted by Gasteiger charge is -2.42. The maximum absolute atomic E-state index is 3.66. The van der Waals surface area contributed by atoms with Gasteiger partial charge in [-0.05, 0) is 37.2 Å². The van der Waals surface area contributed by atoms with E-state index in [-0.39, 0.29) is 0 Å². The molecule has 2 heteroatoms. The second-order valence-corrected chi connectivity index (χ2v) is 7.32. The maximum atomic E-state index is 3.66. The van der Waals surface area contributed by atoms with Crippen molar-refractivity contribution in [2.24, 2.45) is 11.8 Å². The molecule has 2 atom stereocenters. The van der Waals surface area contributed by atoms with Crippen LogP contribution in [0.4, 0.5) is 0 Å². The van der Waals surface area contributed by atoms with Crippen LogP contribution in [0.5, 0.6) is 0 Å². The van der Waals surface area contributed by atoms with E-state index >= 15 is 0 Å². The van der Waals surface area contributed by atoms with Gasteiger partial charge in [-0.25, -0.2) is 0 Å². The molecule has 3 rings (SSSR count). The summed E-state index contributed by atoms with van der Waals surface area (Å²) in [4.78, 5) is 2.75. The smallest absolute Gasteiger partial charge is 0.0473 e. The van der Waals surface area contributed by atoms with E-state index in [0.717, 1.165) is 18.4 Å². The van der Waals surface area contributed by atoms with E-state index < -0.39 is 0 Å². The van der Waals surface area contributed by atoms with Crippen LogP contribution in [0, 0.1) is 11.8 Å². The molecule has 1 aromatic rings. The Labute approximate surface area is 129 Å². The summed E-state index contributed by atoms with van der Waals surface area (Å²) in [6.07, 6.45) is 5.73. The minimum absolute atomic E-state index is 0.557. The average Bonchev–Trinajstić information content (AvgIpc) is 2.51. The van der Waals surface area contributed by atoms with Gasteiger partial charge in [-0.2, -0.15) is 0 Å². The third kappa shape index (κ3) is 3.87. The molecule has 1 saturated carbocycles. The average molecular weight is 286 g/mol. The number of nitrogens with one attached hydrogen (secondary N) is 1. The molecule has 2 aliphatic rings. The molecule has 0 spiro atoms. The maximum Gasteiger partial charge on any atom is 0.0473 e. The molecule has 1 saturated heterocycles. The van der Waals surface area contributed by atoms with Gasteiger partial charge < -0.3 is 5.32 Å². The molecule has 0 amide bonds. The first kappa shape index (κ1) is 15.1. The van der Waals surface area contributed by atoms with Gasteiger partial charge in [0.2, 0.25) is 0 Å². The second kappa shape index (κ2) is 6.93. The molecule has 1 heterocycles. The molecule has 1 N–H and O–H groups in total. The summed E-state index contributed by atoms with van der Waals surface area (Å²) in [7, 11) is 0. The molecule has 0 radical (unpaired) electrons. The van der Waals surface area contributed by atoms with Gasteiger partial charge in [-0.3, -0.25) is 4.90 Å². The summed E-state index contributed by atoms with van der Waals surface area (Å²) in [5.41, 5.74) is 1.47. The summed E-state index contributed by atoms with van der Waals surface area (Å²) in [5.74, 6) is 1.87. The Morgan fingerprint density at radius 2 is 1.76 bits per heavy atom. The van der Waals surface area contributed by atoms with Gasteiger partial charge in [-0.15, -0.1) is 0 Å². The molecule has 21 heavy (non-hydrogen) atoms. The number of hydrogen-bond acceptors (Lipinski definition) is 2. The molecule has 0 aromatic heterocycles. The molecular weight excluding hydrogens is 256 g/mol. The Morgan fingerprint density at radius 3 is 2.48 bits per heavy atom. The Balaban J connectivity index is 1.67. The molecule has 2 fully saturated rings. The van der Waals surface area contributed by atoms with E-state index in [9.17, 15) is 0 Å². The van der Waals surface area contributed by atoms with Gasteiger partial charge in [0.1, 0.15) is 0 Å². The monoisotopic (exact) mass is 286 g/mol. The summed E-state index contributed by atoms with van der Waals surface area (Å²) in [5, 5.41) is 3.66. The lowest BCUT2D eigenvalue weighted by atomic mass is 9.82. The fourth-order valence-corrected chi connectivity index (χ4v) is 4.03. The number of nitrogens with zero attached hydrogens (tertiary/aromatic N) is 1. The fourth-order valence-electron chi connectivity index (χ4n) is 4.03. The first-order chi connectivity index (χ1) is 10.2. The van der Waals surface area contributed by atoms with Crippen molar-refractivity contribution in [3.8, 4) is 0 Å². The van der Waals surface area contributed by atoms with Crippen LogP contribution < -0.4 is 5.32 Å². The van der Waals surface area contributed by atoms with E-state index in [0.29, 0.717) is 12.1 Å². The summed E-state index contributed by atoms with van der Waals surface area (Å²) < 4.78 is 0. The summed E-state index contributed by atoms with van der Waals surface area (Å²) in [6.45, 7) is 8.30. The minimum Gasteiger partial charge on any atom is -0.311 e. The van der Waals surface area contributed by atoms with Gasteiger partial charge in [0.25, 0.3) is 0 Å². The van der Waals surface area contributed by atoms with Gasteiger partial charge >= 0.3 is 0 Å². The van der Waals surface area contributed by atoms with Crippen LogP contribution in [0.25, 0.3) is 0 Å². The highest BCUT2D eigenvalue weighted by Crippen LogP contribution is 2.32. The number of rotatable bonds is 3. The molecular formula is C19H30N2. The minimum atomic E-state index is 0.557. The molecule has 2 nitrogen and oxygen atoms in total. The predicted octanol–water partition coefficient (Wildman–Crippen LogP) is 3.85. The Morgan fingerprint density at radius 1 is 1.05 bits per heavy atom. The molecule has 2 unspecified atom stereocenters. The number of hydrogen-bond donors (Lipinski definition) is 1. The zero-order valence-corrected chi connectivity index (χ0v) is 13.6. The van der Waals surface area contributed by atoms with Gasteiger partial charge in [-0.1, -0.05) is 50.1 Å². The van der Waals surface area contributed by atoms with Crippen LogP contribution >= 0.6 is 0 Å². The predicted molar refractivity (Wildman–Crippen MR) is 89.3 cm³/mol. The third-order valence-corrected chi connectivity index (χ3v) is 5.42. The molecule has 1 aliphatic carbocycles. The van der Waals surface area contributed by atoms with Gasteiger partial charge in [0.05, 0.1) is 0 Å². The van der Waals surface area contributed by atoms with Crippen LogP contribution in [0.2, 0.25) is 0 Å². The zero-order chi connectivity index (χ0) is 14.7. The van der Waals surface area contributed by atoms with Crippen molar-refractivity contribution in [2.75, 3.05) is 19.6 Å². The number of benzene rings is 1. The SMILES string of the molecule is CC1CCC(CN2CC(C)NCC2c2ccccc2)CC1. The van der Waals surface area contributed by atoms with Crippen molar-refractivity contribution in [3.63, 3.8) is 0 Å². The van der Waals surface area contributed by atoms with E-state index in [1.165, 1.54) is 44.3 Å². The molecule has 1 aromatic carbocycles. The Bertz CT molecular complexity index is 422. The van der Waals surface area contributed by atoms with Gasteiger partial charge in [0.15, 0.2) is 0 Å². The first-order valence-electron chi connectivity index (χ1n) is 8.74. The Hall–Kier alpha value is -0.860. The fraction of sp³-hybridized carbons (Fsp3) is 0.684. The first-order valence-corrected chi connectivity index (χ1v) is 8.74. The summed E-state index contributed by atoms with van der Waals surface area (Å²) >= 11 is 0. The second-order valence-electron chi connectivity index (χ2n) is 7.32. The van der Waals surface area contributed by atoms with Crippen molar-refractivity contribution in [3.05, 3.63) is 35.9 Å². The van der Waals surface area contributed by atoms with Crippen molar-refractivity contribution in [1.29, 1.82) is 0 Å². The summed E-state index contributed by atoms with van der Waals surface area (Å²) in [6, 6.07) is 12.2. The largest absolute Gasteiger partial charge is 0.311 e. The quantitative estimate of drug-likeness (QED) is 0.908. The lowest BCUT2D eigenvalue weighted by Crippen LogP contribution is -2.52. The highest BCUT2D eigenvalue weighted by atomic mass is 15.2. The van der Waals surface area contributed by atoms with Crippen molar-refractivity contribution < 1.29 is 0 Å². The van der Waals surface area contributed by atoms with E-state index in [2.05, 4.69) is 54.4 Å². The Kier molecular flexibility index (Phi) is 4.97. The van der Waals surface area contributed by atoms with Crippen molar-refractivity contribution in [2.45, 2.75) is 51.6 Å².